The van der Waals surface area contributed by atoms with E-state index in [0.29, 0.717) is 0 Å². The highest BCUT2D eigenvalue weighted by Gasteiger charge is 2.44. The zero-order valence-corrected chi connectivity index (χ0v) is 9.98. The number of amides is 4. The molecular formula is C10H13N5O3. The van der Waals surface area contributed by atoms with Crippen molar-refractivity contribution in [1.82, 2.24) is 20.2 Å². The van der Waals surface area contributed by atoms with Gasteiger partial charge in [-0.3, -0.25) is 19.8 Å². The summed E-state index contributed by atoms with van der Waals surface area (Å²) < 4.78 is 0. The molecule has 2 rings (SSSR count). The van der Waals surface area contributed by atoms with Crippen LogP contribution in [0, 0.1) is 0 Å². The van der Waals surface area contributed by atoms with Crippen LogP contribution in [0.4, 0.5) is 10.7 Å². The first kappa shape index (κ1) is 12.1. The van der Waals surface area contributed by atoms with Crippen molar-refractivity contribution in [1.29, 1.82) is 0 Å². The summed E-state index contributed by atoms with van der Waals surface area (Å²) in [5.74, 6) is -0.653. The van der Waals surface area contributed by atoms with E-state index >= 15 is 0 Å². The van der Waals surface area contributed by atoms with Crippen molar-refractivity contribution in [2.24, 2.45) is 0 Å². The number of aromatic amines is 1. The Morgan fingerprint density at radius 3 is 2.72 bits per heavy atom. The zero-order valence-electron chi connectivity index (χ0n) is 9.98. The van der Waals surface area contributed by atoms with Crippen LogP contribution in [-0.2, 0) is 9.59 Å². The fourth-order valence-electron chi connectivity index (χ4n) is 1.61. The largest absolute Gasteiger partial charge is 0.331 e. The van der Waals surface area contributed by atoms with Crippen LogP contribution in [0.1, 0.15) is 13.8 Å². The number of imidazole rings is 1. The van der Waals surface area contributed by atoms with E-state index in [-0.39, 0.29) is 12.5 Å². The Balaban J connectivity index is 2.00. The fourth-order valence-corrected chi connectivity index (χ4v) is 1.61. The summed E-state index contributed by atoms with van der Waals surface area (Å²) in [5.41, 5.74) is -0.970. The van der Waals surface area contributed by atoms with Gasteiger partial charge in [0, 0.05) is 12.4 Å². The molecule has 0 aliphatic carbocycles. The molecule has 0 aromatic carbocycles. The number of nitrogens with zero attached hydrogens (tertiary/aromatic N) is 2. The number of hydrogen-bond donors (Lipinski definition) is 3. The number of urea groups is 1. The Bertz CT molecular complexity index is 494. The van der Waals surface area contributed by atoms with E-state index in [2.05, 4.69) is 20.6 Å². The second-order valence-electron chi connectivity index (χ2n) is 4.43. The molecule has 0 unspecified atom stereocenters. The predicted molar refractivity (Wildman–Crippen MR) is 61.5 cm³/mol. The molecule has 0 bridgehead atoms. The van der Waals surface area contributed by atoms with Gasteiger partial charge >= 0.3 is 6.03 Å². The normalized spacial score (nSPS) is 17.8. The van der Waals surface area contributed by atoms with Gasteiger partial charge in [0.1, 0.15) is 12.1 Å². The molecular weight excluding hydrogens is 238 g/mol. The van der Waals surface area contributed by atoms with Crippen LogP contribution in [-0.4, -0.2) is 44.8 Å². The lowest BCUT2D eigenvalue weighted by atomic mass is 10.1. The Labute approximate surface area is 103 Å². The topological polar surface area (TPSA) is 107 Å². The van der Waals surface area contributed by atoms with Gasteiger partial charge in [-0.1, -0.05) is 0 Å². The number of anilines is 1. The molecule has 18 heavy (non-hydrogen) atoms. The van der Waals surface area contributed by atoms with Crippen molar-refractivity contribution in [2.45, 2.75) is 19.4 Å². The first-order valence-corrected chi connectivity index (χ1v) is 5.33. The van der Waals surface area contributed by atoms with Gasteiger partial charge in [-0.25, -0.2) is 9.78 Å². The number of hydrogen-bond acceptors (Lipinski definition) is 4. The van der Waals surface area contributed by atoms with Gasteiger partial charge in [-0.05, 0) is 13.8 Å². The molecule has 0 atom stereocenters. The fraction of sp³-hybridized carbons (Fsp3) is 0.400. The molecule has 3 N–H and O–H groups in total. The van der Waals surface area contributed by atoms with Crippen molar-refractivity contribution < 1.29 is 14.4 Å². The lowest BCUT2D eigenvalue weighted by Gasteiger charge is -2.15. The molecule has 2 heterocycles. The molecule has 0 radical (unpaired) electrons. The zero-order chi connectivity index (χ0) is 13.3. The van der Waals surface area contributed by atoms with Gasteiger partial charge in [0.05, 0.1) is 0 Å². The van der Waals surface area contributed by atoms with Crippen LogP contribution in [0.3, 0.4) is 0 Å². The average Bonchev–Trinajstić information content (AvgIpc) is 2.82. The minimum atomic E-state index is -0.970. The lowest BCUT2D eigenvalue weighted by Crippen LogP contribution is -2.41. The number of H-pyrrole nitrogens is 1. The van der Waals surface area contributed by atoms with E-state index in [4.69, 9.17) is 0 Å². The predicted octanol–water partition coefficient (Wildman–Crippen LogP) is -0.321. The van der Waals surface area contributed by atoms with Gasteiger partial charge in [0.15, 0.2) is 0 Å². The van der Waals surface area contributed by atoms with E-state index in [1.807, 2.05) is 0 Å². The molecule has 8 heteroatoms. The van der Waals surface area contributed by atoms with Crippen LogP contribution in [0.2, 0.25) is 0 Å². The van der Waals surface area contributed by atoms with Crippen LogP contribution >= 0.6 is 0 Å². The van der Waals surface area contributed by atoms with E-state index in [1.54, 1.807) is 20.0 Å². The van der Waals surface area contributed by atoms with Crippen LogP contribution < -0.4 is 10.6 Å². The van der Waals surface area contributed by atoms with Gasteiger partial charge in [0.25, 0.3) is 5.91 Å². The molecule has 1 aromatic heterocycles. The van der Waals surface area contributed by atoms with Crippen molar-refractivity contribution in [3.05, 3.63) is 12.4 Å². The number of aromatic nitrogens is 2. The third-order valence-corrected chi connectivity index (χ3v) is 2.50. The maximum atomic E-state index is 11.8. The van der Waals surface area contributed by atoms with Gasteiger partial charge in [-0.2, -0.15) is 0 Å². The van der Waals surface area contributed by atoms with E-state index in [0.717, 1.165) is 4.90 Å². The number of rotatable bonds is 3. The summed E-state index contributed by atoms with van der Waals surface area (Å²) >= 11 is 0. The smallest absolute Gasteiger partial charge is 0.325 e. The van der Waals surface area contributed by atoms with Gasteiger partial charge < -0.3 is 10.3 Å². The molecule has 1 saturated heterocycles. The number of carbonyl (C=O) groups excluding carboxylic acids is 3. The maximum absolute atomic E-state index is 11.8. The van der Waals surface area contributed by atoms with Gasteiger partial charge in [-0.15, -0.1) is 0 Å². The lowest BCUT2D eigenvalue weighted by molar-refractivity contribution is -0.132. The number of nitrogens with one attached hydrogen (secondary N) is 3. The highest BCUT2D eigenvalue weighted by molar-refractivity contribution is 6.09. The molecule has 1 aliphatic heterocycles. The molecule has 4 amide bonds. The molecule has 1 aromatic rings. The standard InChI is InChI=1S/C10H13N5O3/c1-10(2)7(17)15(9(18)14-10)5-6(16)13-8-11-3-4-12-8/h3-4H,5H2,1-2H3,(H,14,18)(H2,11,12,13,16). The quantitative estimate of drug-likeness (QED) is 0.640. The van der Waals surface area contributed by atoms with E-state index in [1.165, 1.54) is 6.20 Å². The molecule has 0 saturated carbocycles. The second kappa shape index (κ2) is 4.13. The highest BCUT2D eigenvalue weighted by atomic mass is 16.2. The average molecular weight is 251 g/mol. The summed E-state index contributed by atoms with van der Waals surface area (Å²) in [5, 5.41) is 4.93. The molecule has 8 nitrogen and oxygen atoms in total. The number of carbonyl (C=O) groups is 3. The van der Waals surface area contributed by atoms with E-state index in [9.17, 15) is 14.4 Å². The van der Waals surface area contributed by atoms with Crippen LogP contribution in [0.25, 0.3) is 0 Å². The number of imide groups is 1. The third kappa shape index (κ3) is 2.17. The second-order valence-corrected chi connectivity index (χ2v) is 4.43. The summed E-state index contributed by atoms with van der Waals surface area (Å²) in [4.78, 5) is 42.3. The van der Waals surface area contributed by atoms with Crippen LogP contribution in [0.5, 0.6) is 0 Å². The molecule has 1 fully saturated rings. The Hall–Kier alpha value is -2.38. The highest BCUT2D eigenvalue weighted by Crippen LogP contribution is 2.16. The summed E-state index contributed by atoms with van der Waals surface area (Å²) in [6.07, 6.45) is 3.03. The molecule has 0 spiro atoms. The SMILES string of the molecule is CC1(C)NC(=O)N(CC(=O)Nc2ncc[nH]2)C1=O. The minimum absolute atomic E-state index is 0.270. The first-order chi connectivity index (χ1) is 8.40. The van der Waals surface area contributed by atoms with Crippen molar-refractivity contribution in [3.63, 3.8) is 0 Å². The van der Waals surface area contributed by atoms with Crippen LogP contribution in [0.15, 0.2) is 12.4 Å². The maximum Gasteiger partial charge on any atom is 0.325 e. The van der Waals surface area contributed by atoms with E-state index < -0.39 is 23.4 Å². The minimum Gasteiger partial charge on any atom is -0.331 e. The Morgan fingerprint density at radius 1 is 1.50 bits per heavy atom. The summed E-state index contributed by atoms with van der Waals surface area (Å²) in [6, 6.07) is -0.570. The molecule has 1 aliphatic rings. The Morgan fingerprint density at radius 2 is 2.22 bits per heavy atom. The third-order valence-electron chi connectivity index (χ3n) is 2.50. The summed E-state index contributed by atoms with van der Waals surface area (Å²) in [7, 11) is 0. The Kier molecular flexibility index (Phi) is 2.77. The summed E-state index contributed by atoms with van der Waals surface area (Å²) in [6.45, 7) is 2.82. The van der Waals surface area contributed by atoms with Crippen molar-refractivity contribution in [2.75, 3.05) is 11.9 Å². The first-order valence-electron chi connectivity index (χ1n) is 5.33. The molecule has 96 valence electrons. The van der Waals surface area contributed by atoms with Crippen molar-refractivity contribution >= 4 is 23.8 Å². The monoisotopic (exact) mass is 251 g/mol. The van der Waals surface area contributed by atoms with Gasteiger partial charge in [0.2, 0.25) is 11.9 Å². The van der Waals surface area contributed by atoms with Crippen molar-refractivity contribution in [3.8, 4) is 0 Å².